The quantitative estimate of drug-likeness (QED) is 0.741. The van der Waals surface area contributed by atoms with Crippen molar-refractivity contribution in [3.05, 3.63) is 54.6 Å². The number of amides is 2. The highest BCUT2D eigenvalue weighted by molar-refractivity contribution is 5.97. The molecule has 1 heterocycles. The topological polar surface area (TPSA) is 67.9 Å². The van der Waals surface area contributed by atoms with Gasteiger partial charge in [0.25, 0.3) is 5.91 Å². The largest absolute Gasteiger partial charge is 0.493 e. The SMILES string of the molecule is CCC(CC)NC(=O)C1CN(C(=O)CCOc2ccccc2)c2ccccc2O1. The molecule has 0 saturated carbocycles. The van der Waals surface area contributed by atoms with Gasteiger partial charge in [-0.2, -0.15) is 0 Å². The minimum Gasteiger partial charge on any atom is -0.493 e. The van der Waals surface area contributed by atoms with Crippen LogP contribution in [0.1, 0.15) is 33.1 Å². The number of rotatable bonds is 8. The summed E-state index contributed by atoms with van der Waals surface area (Å²) in [6.07, 6.45) is 1.18. The first kappa shape index (κ1) is 20.7. The molecule has 1 aliphatic rings. The van der Waals surface area contributed by atoms with Crippen molar-refractivity contribution in [1.29, 1.82) is 0 Å². The highest BCUT2D eigenvalue weighted by Crippen LogP contribution is 2.33. The maximum absolute atomic E-state index is 12.9. The van der Waals surface area contributed by atoms with Gasteiger partial charge in [-0.05, 0) is 37.1 Å². The second-order valence-electron chi connectivity index (χ2n) is 7.01. The Morgan fingerprint density at radius 2 is 1.79 bits per heavy atom. The van der Waals surface area contributed by atoms with Crippen molar-refractivity contribution in [2.75, 3.05) is 18.1 Å². The van der Waals surface area contributed by atoms with E-state index in [-0.39, 0.29) is 37.4 Å². The van der Waals surface area contributed by atoms with E-state index in [9.17, 15) is 9.59 Å². The molecular weight excluding hydrogens is 368 g/mol. The smallest absolute Gasteiger partial charge is 0.263 e. The summed E-state index contributed by atoms with van der Waals surface area (Å²) in [6, 6.07) is 16.8. The Kier molecular flexibility index (Phi) is 7.11. The molecule has 1 unspecified atom stereocenters. The third-order valence-corrected chi connectivity index (χ3v) is 5.03. The first-order chi connectivity index (χ1) is 14.1. The lowest BCUT2D eigenvalue weighted by Gasteiger charge is -2.34. The number of nitrogens with zero attached hydrogens (tertiary/aromatic N) is 1. The Labute approximate surface area is 171 Å². The minimum absolute atomic E-state index is 0.1000. The van der Waals surface area contributed by atoms with Gasteiger partial charge in [0.1, 0.15) is 11.5 Å². The van der Waals surface area contributed by atoms with Crippen molar-refractivity contribution in [1.82, 2.24) is 5.32 Å². The molecule has 6 nitrogen and oxygen atoms in total. The molecular formula is C23H28N2O4. The number of para-hydroxylation sites is 3. The van der Waals surface area contributed by atoms with Crippen LogP contribution >= 0.6 is 0 Å². The molecule has 1 N–H and O–H groups in total. The zero-order valence-corrected chi connectivity index (χ0v) is 17.0. The Balaban J connectivity index is 1.67. The summed E-state index contributed by atoms with van der Waals surface area (Å²) < 4.78 is 11.6. The highest BCUT2D eigenvalue weighted by Gasteiger charge is 2.34. The van der Waals surface area contributed by atoms with Crippen molar-refractivity contribution in [2.24, 2.45) is 0 Å². The number of fused-ring (bicyclic) bond motifs is 1. The maximum Gasteiger partial charge on any atom is 0.263 e. The second kappa shape index (κ2) is 9.96. The van der Waals surface area contributed by atoms with E-state index >= 15 is 0 Å². The van der Waals surface area contributed by atoms with Gasteiger partial charge in [-0.25, -0.2) is 0 Å². The Morgan fingerprint density at radius 3 is 2.52 bits per heavy atom. The summed E-state index contributed by atoms with van der Waals surface area (Å²) in [6.45, 7) is 4.53. The molecule has 0 spiro atoms. The van der Waals surface area contributed by atoms with E-state index in [4.69, 9.17) is 9.47 Å². The van der Waals surface area contributed by atoms with Crippen molar-refractivity contribution >= 4 is 17.5 Å². The van der Waals surface area contributed by atoms with Crippen LogP contribution in [0.2, 0.25) is 0 Å². The lowest BCUT2D eigenvalue weighted by atomic mass is 10.1. The number of nitrogens with one attached hydrogen (secondary N) is 1. The van der Waals surface area contributed by atoms with Crippen LogP contribution in [0.25, 0.3) is 0 Å². The number of anilines is 1. The monoisotopic (exact) mass is 396 g/mol. The molecule has 0 aliphatic carbocycles. The molecule has 6 heteroatoms. The summed E-state index contributed by atoms with van der Waals surface area (Å²) >= 11 is 0. The van der Waals surface area contributed by atoms with Gasteiger partial charge >= 0.3 is 0 Å². The maximum atomic E-state index is 12.9. The van der Waals surface area contributed by atoms with E-state index < -0.39 is 6.10 Å². The van der Waals surface area contributed by atoms with Crippen molar-refractivity contribution in [3.63, 3.8) is 0 Å². The fourth-order valence-corrected chi connectivity index (χ4v) is 3.30. The second-order valence-corrected chi connectivity index (χ2v) is 7.01. The molecule has 2 aromatic carbocycles. The van der Waals surface area contributed by atoms with Gasteiger partial charge in [-0.15, -0.1) is 0 Å². The molecule has 1 aliphatic heterocycles. The third kappa shape index (κ3) is 5.28. The minimum atomic E-state index is -0.732. The fourth-order valence-electron chi connectivity index (χ4n) is 3.30. The fraction of sp³-hybridized carbons (Fsp3) is 0.391. The van der Waals surface area contributed by atoms with Crippen LogP contribution in [-0.4, -0.2) is 37.1 Å². The van der Waals surface area contributed by atoms with Gasteiger partial charge in [0, 0.05) is 6.04 Å². The summed E-state index contributed by atoms with van der Waals surface area (Å²) in [5, 5.41) is 3.01. The summed E-state index contributed by atoms with van der Waals surface area (Å²) in [5.41, 5.74) is 0.684. The predicted octanol–water partition coefficient (Wildman–Crippen LogP) is 3.55. The van der Waals surface area contributed by atoms with Gasteiger partial charge < -0.3 is 19.7 Å². The van der Waals surface area contributed by atoms with Crippen LogP contribution in [0.15, 0.2) is 54.6 Å². The van der Waals surface area contributed by atoms with Gasteiger partial charge in [0.2, 0.25) is 5.91 Å². The van der Waals surface area contributed by atoms with Gasteiger partial charge in [0.05, 0.1) is 25.3 Å². The average molecular weight is 396 g/mol. The number of carbonyl (C=O) groups is 2. The van der Waals surface area contributed by atoms with Gasteiger partial charge in [-0.1, -0.05) is 44.2 Å². The summed E-state index contributed by atoms with van der Waals surface area (Å²) in [7, 11) is 0. The Morgan fingerprint density at radius 1 is 1.10 bits per heavy atom. The van der Waals surface area contributed by atoms with Crippen LogP contribution in [0.4, 0.5) is 5.69 Å². The van der Waals surface area contributed by atoms with Crippen LogP contribution in [0.3, 0.4) is 0 Å². The molecule has 0 aromatic heterocycles. The molecule has 1 atom stereocenters. The van der Waals surface area contributed by atoms with Crippen LogP contribution in [-0.2, 0) is 9.59 Å². The Hall–Kier alpha value is -3.02. The summed E-state index contributed by atoms with van der Waals surface area (Å²) in [5.74, 6) is 0.981. The first-order valence-corrected chi connectivity index (χ1v) is 10.2. The van der Waals surface area contributed by atoms with Crippen molar-refractivity contribution in [3.8, 4) is 11.5 Å². The lowest BCUT2D eigenvalue weighted by Crippen LogP contribution is -2.52. The van der Waals surface area contributed by atoms with E-state index in [1.165, 1.54) is 0 Å². The molecule has 3 rings (SSSR count). The third-order valence-electron chi connectivity index (χ3n) is 5.03. The predicted molar refractivity (Wildman–Crippen MR) is 112 cm³/mol. The van der Waals surface area contributed by atoms with E-state index in [2.05, 4.69) is 5.32 Å². The van der Waals surface area contributed by atoms with Gasteiger partial charge in [0.15, 0.2) is 6.10 Å². The number of carbonyl (C=O) groups excluding carboxylic acids is 2. The van der Waals surface area contributed by atoms with Crippen LogP contribution in [0, 0.1) is 0 Å². The van der Waals surface area contributed by atoms with E-state index in [0.29, 0.717) is 11.4 Å². The number of hydrogen-bond acceptors (Lipinski definition) is 4. The normalized spacial score (nSPS) is 15.4. The number of ether oxygens (including phenoxy) is 2. The summed E-state index contributed by atoms with van der Waals surface area (Å²) in [4.78, 5) is 27.2. The molecule has 0 bridgehead atoms. The molecule has 0 radical (unpaired) electrons. The Bertz CT molecular complexity index is 821. The van der Waals surface area contributed by atoms with Crippen molar-refractivity contribution in [2.45, 2.75) is 45.3 Å². The number of hydrogen-bond donors (Lipinski definition) is 1. The standard InChI is InChI=1S/C23H28N2O4/c1-3-17(4-2)24-23(27)21-16-25(19-12-8-9-13-20(19)29-21)22(26)14-15-28-18-10-6-5-7-11-18/h5-13,17,21H,3-4,14-16H2,1-2H3,(H,24,27). The average Bonchev–Trinajstić information content (AvgIpc) is 2.77. The zero-order chi connectivity index (χ0) is 20.6. The van der Waals surface area contributed by atoms with Gasteiger partial charge in [-0.3, -0.25) is 9.59 Å². The lowest BCUT2D eigenvalue weighted by molar-refractivity contribution is -0.129. The molecule has 0 fully saturated rings. The zero-order valence-electron chi connectivity index (χ0n) is 17.0. The highest BCUT2D eigenvalue weighted by atomic mass is 16.5. The first-order valence-electron chi connectivity index (χ1n) is 10.2. The molecule has 2 aromatic rings. The number of benzene rings is 2. The molecule has 29 heavy (non-hydrogen) atoms. The van der Waals surface area contributed by atoms with E-state index in [1.54, 1.807) is 11.0 Å². The van der Waals surface area contributed by atoms with Crippen LogP contribution < -0.4 is 19.7 Å². The van der Waals surface area contributed by atoms with Crippen molar-refractivity contribution < 1.29 is 19.1 Å². The molecule has 154 valence electrons. The van der Waals surface area contributed by atoms with Crippen LogP contribution in [0.5, 0.6) is 11.5 Å². The molecule has 2 amide bonds. The van der Waals surface area contributed by atoms with E-state index in [1.807, 2.05) is 62.4 Å². The molecule has 0 saturated heterocycles. The van der Waals surface area contributed by atoms with E-state index in [0.717, 1.165) is 18.6 Å².